The van der Waals surface area contributed by atoms with Crippen LogP contribution in [-0.2, 0) is 4.79 Å². The van der Waals surface area contributed by atoms with Crippen LogP contribution in [0.25, 0.3) is 0 Å². The highest BCUT2D eigenvalue weighted by Crippen LogP contribution is 2.36. The maximum Gasteiger partial charge on any atom is 0.345 e. The van der Waals surface area contributed by atoms with Gasteiger partial charge in [0, 0.05) is 49.6 Å². The van der Waals surface area contributed by atoms with Gasteiger partial charge in [-0.1, -0.05) is 12.1 Å². The molecule has 15 nitrogen and oxygen atoms in total. The third-order valence-corrected chi connectivity index (χ3v) is 8.15. The SMILES string of the molecule is CNC(C(=O)C(NC)c1ccc(OC(=O)c2cccnc2)c(OC(=O)c2cccnc2)c1)c1ccc(OC(=O)c2cccnc2)c(OC(=O)c2cccnc2)c1. The second-order valence-electron chi connectivity index (χ2n) is 11.8. The van der Waals surface area contributed by atoms with Gasteiger partial charge in [0.05, 0.1) is 34.3 Å². The number of carbonyl (C=O) groups excluding carboxylic acids is 5. The van der Waals surface area contributed by atoms with E-state index in [9.17, 15) is 24.0 Å². The molecule has 0 amide bonds. The van der Waals surface area contributed by atoms with E-state index in [4.69, 9.17) is 18.9 Å². The minimum atomic E-state index is -1.03. The molecule has 0 fully saturated rings. The predicted octanol–water partition coefficient (Wildman–Crippen LogP) is 4.93. The van der Waals surface area contributed by atoms with Crippen LogP contribution in [-0.4, -0.2) is 63.7 Å². The number of rotatable bonds is 14. The van der Waals surface area contributed by atoms with Crippen LogP contribution in [0.2, 0.25) is 0 Å². The topological polar surface area (TPSA) is 198 Å². The lowest BCUT2D eigenvalue weighted by Gasteiger charge is -2.24. The van der Waals surface area contributed by atoms with Crippen molar-refractivity contribution >= 4 is 29.7 Å². The second kappa shape index (κ2) is 18.0. The highest BCUT2D eigenvalue weighted by molar-refractivity contribution is 5.95. The van der Waals surface area contributed by atoms with Crippen molar-refractivity contribution < 1.29 is 42.9 Å². The number of aromatic nitrogens is 4. The minimum Gasteiger partial charge on any atom is -0.419 e. The Morgan fingerprint density at radius 3 is 1.02 bits per heavy atom. The highest BCUT2D eigenvalue weighted by Gasteiger charge is 2.30. The standard InChI is InChI=1S/C41H32N6O9/c1-42-35(25-11-13-31(53-38(49)27-7-3-15-44-21-27)33(19-25)55-40(51)29-9-5-17-46-23-29)37(48)36(43-2)26-12-14-32(54-39(50)28-8-4-16-45-22-28)34(20-26)56-41(52)30-10-6-18-47-24-30/h3-24,35-36,42-43H,1-2H3. The summed E-state index contributed by atoms with van der Waals surface area (Å²) in [6.07, 6.45) is 11.3. The average molecular weight is 753 g/mol. The largest absolute Gasteiger partial charge is 0.419 e. The molecule has 0 radical (unpaired) electrons. The smallest absolute Gasteiger partial charge is 0.345 e. The van der Waals surface area contributed by atoms with E-state index in [0.717, 1.165) is 0 Å². The summed E-state index contributed by atoms with van der Waals surface area (Å²) in [5.74, 6) is -3.97. The summed E-state index contributed by atoms with van der Waals surface area (Å²) in [6, 6.07) is 19.0. The molecule has 4 aromatic heterocycles. The summed E-state index contributed by atoms with van der Waals surface area (Å²) in [6.45, 7) is 0. The van der Waals surface area contributed by atoms with Gasteiger partial charge in [-0.05, 0) is 98.0 Å². The van der Waals surface area contributed by atoms with Crippen LogP contribution >= 0.6 is 0 Å². The molecule has 2 atom stereocenters. The van der Waals surface area contributed by atoms with E-state index in [1.165, 1.54) is 98.1 Å². The van der Waals surface area contributed by atoms with Crippen LogP contribution < -0.4 is 29.6 Å². The summed E-state index contributed by atoms with van der Waals surface area (Å²) in [5.41, 5.74) is 1.27. The summed E-state index contributed by atoms with van der Waals surface area (Å²) >= 11 is 0. The number of ketones is 1. The van der Waals surface area contributed by atoms with Crippen molar-refractivity contribution in [2.75, 3.05) is 14.1 Å². The summed E-state index contributed by atoms with van der Waals surface area (Å²) in [5, 5.41) is 6.00. The molecule has 2 aromatic carbocycles. The molecule has 2 unspecified atom stereocenters. The lowest BCUT2D eigenvalue weighted by atomic mass is 9.93. The van der Waals surface area contributed by atoms with E-state index in [1.54, 1.807) is 50.5 Å². The van der Waals surface area contributed by atoms with Crippen LogP contribution in [0, 0.1) is 0 Å². The van der Waals surface area contributed by atoms with Crippen LogP contribution in [0.4, 0.5) is 0 Å². The van der Waals surface area contributed by atoms with Gasteiger partial charge in [-0.2, -0.15) is 0 Å². The lowest BCUT2D eigenvalue weighted by Crippen LogP contribution is -2.35. The van der Waals surface area contributed by atoms with E-state index in [-0.39, 0.29) is 45.3 Å². The number of benzene rings is 2. The molecule has 4 heterocycles. The number of carbonyl (C=O) groups is 5. The van der Waals surface area contributed by atoms with Crippen molar-refractivity contribution in [3.63, 3.8) is 0 Å². The maximum absolute atomic E-state index is 14.4. The number of likely N-dealkylation sites (N-methyl/N-ethyl adjacent to an activating group) is 2. The van der Waals surface area contributed by atoms with E-state index >= 15 is 0 Å². The van der Waals surface area contributed by atoms with Gasteiger partial charge in [0.2, 0.25) is 0 Å². The van der Waals surface area contributed by atoms with Crippen molar-refractivity contribution in [1.29, 1.82) is 0 Å². The Morgan fingerprint density at radius 1 is 0.446 bits per heavy atom. The number of esters is 4. The van der Waals surface area contributed by atoms with Gasteiger partial charge >= 0.3 is 23.9 Å². The number of ether oxygens (including phenoxy) is 4. The first-order valence-corrected chi connectivity index (χ1v) is 16.9. The Labute approximate surface area is 319 Å². The fourth-order valence-corrected chi connectivity index (χ4v) is 5.42. The van der Waals surface area contributed by atoms with Crippen LogP contribution in [0.15, 0.2) is 135 Å². The number of Topliss-reactive ketones (excluding diaryl/α,β-unsaturated/α-hetero) is 1. The first-order chi connectivity index (χ1) is 27.2. The highest BCUT2D eigenvalue weighted by atomic mass is 16.6. The molecule has 15 heteroatoms. The fraction of sp³-hybridized carbons (Fsp3) is 0.0976. The molecule has 0 aliphatic rings. The van der Waals surface area contributed by atoms with Gasteiger partial charge in [-0.3, -0.25) is 24.7 Å². The van der Waals surface area contributed by atoms with Gasteiger partial charge in [0.15, 0.2) is 28.8 Å². The zero-order valence-electron chi connectivity index (χ0n) is 29.8. The molecule has 0 saturated carbocycles. The molecule has 2 N–H and O–H groups in total. The third kappa shape index (κ3) is 9.17. The van der Waals surface area contributed by atoms with Crippen molar-refractivity contribution in [1.82, 2.24) is 30.6 Å². The zero-order valence-corrected chi connectivity index (χ0v) is 29.8. The molecule has 0 bridgehead atoms. The van der Waals surface area contributed by atoms with Crippen LogP contribution in [0.1, 0.15) is 64.6 Å². The molecule has 56 heavy (non-hydrogen) atoms. The van der Waals surface area contributed by atoms with E-state index in [1.807, 2.05) is 0 Å². The van der Waals surface area contributed by atoms with Crippen LogP contribution in [0.3, 0.4) is 0 Å². The Hall–Kier alpha value is -7.49. The zero-order chi connectivity index (χ0) is 39.4. The number of hydrogen-bond donors (Lipinski definition) is 2. The van der Waals surface area contributed by atoms with Gasteiger partial charge in [0.1, 0.15) is 0 Å². The Kier molecular flexibility index (Phi) is 12.3. The molecule has 0 spiro atoms. The molecule has 6 aromatic rings. The Balaban J connectivity index is 1.32. The maximum atomic E-state index is 14.4. The second-order valence-corrected chi connectivity index (χ2v) is 11.8. The van der Waals surface area contributed by atoms with Crippen molar-refractivity contribution in [3.05, 3.63) is 168 Å². The number of pyridine rings is 4. The number of hydrogen-bond acceptors (Lipinski definition) is 15. The quantitative estimate of drug-likeness (QED) is 0.112. The monoisotopic (exact) mass is 752 g/mol. The Bertz CT molecular complexity index is 2180. The van der Waals surface area contributed by atoms with Gasteiger partial charge in [0.25, 0.3) is 0 Å². The lowest BCUT2D eigenvalue weighted by molar-refractivity contribution is -0.123. The molecule has 280 valence electrons. The molecule has 0 aliphatic heterocycles. The molecular weight excluding hydrogens is 720 g/mol. The van der Waals surface area contributed by atoms with Crippen molar-refractivity contribution in [2.45, 2.75) is 12.1 Å². The summed E-state index contributed by atoms with van der Waals surface area (Å²) in [7, 11) is 3.13. The first kappa shape index (κ1) is 38.2. The number of nitrogens with zero attached hydrogens (tertiary/aromatic N) is 4. The van der Waals surface area contributed by atoms with Crippen LogP contribution in [0.5, 0.6) is 23.0 Å². The molecular formula is C41H32N6O9. The van der Waals surface area contributed by atoms with Crippen molar-refractivity contribution in [3.8, 4) is 23.0 Å². The summed E-state index contributed by atoms with van der Waals surface area (Å²) < 4.78 is 22.6. The van der Waals surface area contributed by atoms with E-state index in [2.05, 4.69) is 30.6 Å². The van der Waals surface area contributed by atoms with Gasteiger partial charge in [-0.15, -0.1) is 0 Å². The normalized spacial score (nSPS) is 11.8. The summed E-state index contributed by atoms with van der Waals surface area (Å²) in [4.78, 5) is 82.4. The molecule has 6 rings (SSSR count). The van der Waals surface area contributed by atoms with Gasteiger partial charge in [-0.25, -0.2) is 19.2 Å². The van der Waals surface area contributed by atoms with E-state index in [0.29, 0.717) is 11.1 Å². The fourth-order valence-electron chi connectivity index (χ4n) is 5.42. The number of nitrogens with one attached hydrogen (secondary N) is 2. The third-order valence-electron chi connectivity index (χ3n) is 8.15. The average Bonchev–Trinajstić information content (AvgIpc) is 3.24. The predicted molar refractivity (Wildman–Crippen MR) is 198 cm³/mol. The molecule has 0 aliphatic carbocycles. The first-order valence-electron chi connectivity index (χ1n) is 16.9. The van der Waals surface area contributed by atoms with Gasteiger partial charge < -0.3 is 29.6 Å². The Morgan fingerprint density at radius 2 is 0.750 bits per heavy atom. The molecule has 0 saturated heterocycles. The minimum absolute atomic E-state index is 0.0937. The van der Waals surface area contributed by atoms with Crippen molar-refractivity contribution in [2.24, 2.45) is 0 Å². The van der Waals surface area contributed by atoms with E-state index < -0.39 is 41.7 Å².